The fourth-order valence-electron chi connectivity index (χ4n) is 3.17. The number of rotatable bonds is 3. The Morgan fingerprint density at radius 3 is 2.67 bits per heavy atom. The summed E-state index contributed by atoms with van der Waals surface area (Å²) in [6.45, 7) is 5.64. The fourth-order valence-corrected chi connectivity index (χ4v) is 3.17. The van der Waals surface area contributed by atoms with E-state index in [1.165, 1.54) is 25.7 Å². The fraction of sp³-hybridized carbons (Fsp3) is 0.929. The molecule has 1 amide bonds. The molecule has 1 aliphatic heterocycles. The highest BCUT2D eigenvalue weighted by Crippen LogP contribution is 2.35. The van der Waals surface area contributed by atoms with Gasteiger partial charge in [0.05, 0.1) is 0 Å². The Labute approximate surface area is 117 Å². The lowest BCUT2D eigenvalue weighted by Gasteiger charge is -2.39. The van der Waals surface area contributed by atoms with E-state index in [0.717, 1.165) is 19.4 Å². The third kappa shape index (κ3) is 4.13. The third-order valence-electron chi connectivity index (χ3n) is 4.44. The van der Waals surface area contributed by atoms with Crippen LogP contribution in [0, 0.1) is 5.41 Å². The van der Waals surface area contributed by atoms with Crippen molar-refractivity contribution >= 4 is 18.3 Å². The molecule has 0 aromatic rings. The summed E-state index contributed by atoms with van der Waals surface area (Å²) in [5, 5.41) is 6.64. The normalized spacial score (nSPS) is 30.6. The van der Waals surface area contributed by atoms with E-state index in [1.807, 2.05) is 0 Å². The minimum Gasteiger partial charge on any atom is -0.353 e. The van der Waals surface area contributed by atoms with Crippen LogP contribution in [0.4, 0.5) is 0 Å². The van der Waals surface area contributed by atoms with Crippen molar-refractivity contribution in [2.24, 2.45) is 5.41 Å². The Hall–Kier alpha value is -0.280. The van der Waals surface area contributed by atoms with Gasteiger partial charge in [0.25, 0.3) is 0 Å². The van der Waals surface area contributed by atoms with Gasteiger partial charge < -0.3 is 10.6 Å². The Balaban J connectivity index is 0.00000162. The molecule has 106 valence electrons. The third-order valence-corrected chi connectivity index (χ3v) is 4.44. The second-order valence-corrected chi connectivity index (χ2v) is 6.35. The molecule has 1 heterocycles. The molecule has 1 aliphatic carbocycles. The molecule has 18 heavy (non-hydrogen) atoms. The number of nitrogens with one attached hydrogen (secondary N) is 2. The van der Waals surface area contributed by atoms with Gasteiger partial charge in [0, 0.05) is 18.5 Å². The Morgan fingerprint density at radius 2 is 2.06 bits per heavy atom. The number of amides is 1. The van der Waals surface area contributed by atoms with Crippen LogP contribution in [-0.4, -0.2) is 24.5 Å². The van der Waals surface area contributed by atoms with Gasteiger partial charge in [-0.2, -0.15) is 0 Å². The van der Waals surface area contributed by atoms with Crippen LogP contribution < -0.4 is 10.6 Å². The van der Waals surface area contributed by atoms with Crippen LogP contribution in [0.15, 0.2) is 0 Å². The van der Waals surface area contributed by atoms with E-state index in [2.05, 4.69) is 24.5 Å². The second kappa shape index (κ2) is 6.76. The van der Waals surface area contributed by atoms with Crippen molar-refractivity contribution in [2.75, 3.05) is 6.54 Å². The van der Waals surface area contributed by atoms with Gasteiger partial charge in [0.2, 0.25) is 5.91 Å². The quantitative estimate of drug-likeness (QED) is 0.831. The molecule has 0 radical (unpaired) electrons. The van der Waals surface area contributed by atoms with Crippen molar-refractivity contribution in [1.82, 2.24) is 10.6 Å². The lowest BCUT2D eigenvalue weighted by atomic mass is 9.73. The van der Waals surface area contributed by atoms with Crippen LogP contribution in [0.1, 0.15) is 58.8 Å². The molecule has 2 atom stereocenters. The van der Waals surface area contributed by atoms with Crippen molar-refractivity contribution < 1.29 is 4.79 Å². The van der Waals surface area contributed by atoms with Gasteiger partial charge in [-0.25, -0.2) is 0 Å². The van der Waals surface area contributed by atoms with Gasteiger partial charge in [0.15, 0.2) is 0 Å². The Kier molecular flexibility index (Phi) is 5.93. The summed E-state index contributed by atoms with van der Waals surface area (Å²) in [6, 6.07) is 0.798. The van der Waals surface area contributed by atoms with Crippen molar-refractivity contribution in [3.05, 3.63) is 0 Å². The van der Waals surface area contributed by atoms with Gasteiger partial charge in [-0.1, -0.05) is 26.7 Å². The van der Waals surface area contributed by atoms with Crippen LogP contribution >= 0.6 is 12.4 Å². The largest absolute Gasteiger partial charge is 0.353 e. The van der Waals surface area contributed by atoms with E-state index in [0.29, 0.717) is 18.5 Å². The number of hydrogen-bond acceptors (Lipinski definition) is 2. The highest BCUT2D eigenvalue weighted by atomic mass is 35.5. The highest BCUT2D eigenvalue weighted by Gasteiger charge is 2.33. The zero-order valence-electron chi connectivity index (χ0n) is 11.6. The van der Waals surface area contributed by atoms with Gasteiger partial charge in [0.1, 0.15) is 0 Å². The first-order chi connectivity index (χ1) is 8.08. The summed E-state index contributed by atoms with van der Waals surface area (Å²) in [6.07, 6.45) is 7.98. The average molecular weight is 275 g/mol. The SMILES string of the molecule is CC1(C)CCCCC1NC(=O)CC1CCCN1.Cl. The molecule has 0 aromatic heterocycles. The van der Waals surface area contributed by atoms with Crippen molar-refractivity contribution in [1.29, 1.82) is 0 Å². The molecule has 1 saturated carbocycles. The molecule has 2 rings (SSSR count). The second-order valence-electron chi connectivity index (χ2n) is 6.35. The molecule has 2 N–H and O–H groups in total. The minimum absolute atomic E-state index is 0. The summed E-state index contributed by atoms with van der Waals surface area (Å²) < 4.78 is 0. The van der Waals surface area contributed by atoms with Gasteiger partial charge >= 0.3 is 0 Å². The van der Waals surface area contributed by atoms with E-state index >= 15 is 0 Å². The molecule has 2 aliphatic rings. The van der Waals surface area contributed by atoms with Gasteiger partial charge in [-0.3, -0.25) is 4.79 Å². The van der Waals surface area contributed by atoms with Crippen molar-refractivity contribution in [3.63, 3.8) is 0 Å². The number of halogens is 1. The summed E-state index contributed by atoms with van der Waals surface area (Å²) in [5.74, 6) is 0.240. The van der Waals surface area contributed by atoms with Crippen molar-refractivity contribution in [3.8, 4) is 0 Å². The first-order valence-corrected chi connectivity index (χ1v) is 7.11. The van der Waals surface area contributed by atoms with Crippen LogP contribution in [0.2, 0.25) is 0 Å². The molecule has 2 unspecified atom stereocenters. The van der Waals surface area contributed by atoms with Crippen LogP contribution in [-0.2, 0) is 4.79 Å². The molecular formula is C14H27ClN2O. The van der Waals surface area contributed by atoms with Crippen molar-refractivity contribution in [2.45, 2.75) is 70.9 Å². The van der Waals surface area contributed by atoms with Crippen LogP contribution in [0.3, 0.4) is 0 Å². The maximum atomic E-state index is 12.0. The predicted molar refractivity (Wildman–Crippen MR) is 77.1 cm³/mol. The standard InChI is InChI=1S/C14H26N2O.ClH/c1-14(2)8-4-3-7-12(14)16-13(17)10-11-6-5-9-15-11;/h11-12,15H,3-10H2,1-2H3,(H,16,17);1H. The maximum Gasteiger partial charge on any atom is 0.221 e. The average Bonchev–Trinajstić information content (AvgIpc) is 2.73. The smallest absolute Gasteiger partial charge is 0.221 e. The highest BCUT2D eigenvalue weighted by molar-refractivity contribution is 5.85. The maximum absolute atomic E-state index is 12.0. The summed E-state index contributed by atoms with van der Waals surface area (Å²) in [5.41, 5.74) is 0.275. The van der Waals surface area contributed by atoms with Crippen LogP contribution in [0.5, 0.6) is 0 Å². The van der Waals surface area contributed by atoms with E-state index < -0.39 is 0 Å². The molecular weight excluding hydrogens is 248 g/mol. The molecule has 4 heteroatoms. The molecule has 0 spiro atoms. The Bertz CT molecular complexity index is 275. The number of carbonyl (C=O) groups is 1. The van der Waals surface area contributed by atoms with Gasteiger partial charge in [-0.05, 0) is 37.6 Å². The van der Waals surface area contributed by atoms with E-state index in [9.17, 15) is 4.79 Å². The lowest BCUT2D eigenvalue weighted by Crippen LogP contribution is -2.47. The monoisotopic (exact) mass is 274 g/mol. The minimum atomic E-state index is 0. The first kappa shape index (κ1) is 15.8. The van der Waals surface area contributed by atoms with E-state index in [4.69, 9.17) is 0 Å². The predicted octanol–water partition coefficient (Wildman–Crippen LogP) is 2.64. The molecule has 3 nitrogen and oxygen atoms in total. The van der Waals surface area contributed by atoms with Crippen LogP contribution in [0.25, 0.3) is 0 Å². The van der Waals surface area contributed by atoms with E-state index in [-0.39, 0.29) is 23.7 Å². The summed E-state index contributed by atoms with van der Waals surface area (Å²) in [7, 11) is 0. The van der Waals surface area contributed by atoms with E-state index in [1.54, 1.807) is 0 Å². The lowest BCUT2D eigenvalue weighted by molar-refractivity contribution is -0.123. The topological polar surface area (TPSA) is 41.1 Å². The first-order valence-electron chi connectivity index (χ1n) is 7.11. The summed E-state index contributed by atoms with van der Waals surface area (Å²) in [4.78, 5) is 12.0. The molecule has 1 saturated heterocycles. The number of carbonyl (C=O) groups excluding carboxylic acids is 1. The zero-order chi connectivity index (χ0) is 12.3. The summed E-state index contributed by atoms with van der Waals surface area (Å²) >= 11 is 0. The number of hydrogen-bond donors (Lipinski definition) is 2. The Morgan fingerprint density at radius 1 is 1.28 bits per heavy atom. The zero-order valence-corrected chi connectivity index (χ0v) is 12.4. The molecule has 0 bridgehead atoms. The molecule has 0 aromatic carbocycles. The van der Waals surface area contributed by atoms with Gasteiger partial charge in [-0.15, -0.1) is 12.4 Å². The molecule has 2 fully saturated rings.